The number of H-pyrrole nitrogens is 1. The third-order valence-corrected chi connectivity index (χ3v) is 5.14. The zero-order chi connectivity index (χ0) is 17.1. The fourth-order valence-electron chi connectivity index (χ4n) is 3.57. The molecule has 0 saturated carbocycles. The fourth-order valence-corrected chi connectivity index (χ4v) is 3.57. The van der Waals surface area contributed by atoms with Crippen molar-refractivity contribution in [2.75, 3.05) is 19.8 Å². The average Bonchev–Trinajstić information content (AvgIpc) is 3.31. The number of aliphatic hydroxyl groups is 1. The van der Waals surface area contributed by atoms with Gasteiger partial charge in [-0.3, -0.25) is 10.00 Å². The maximum atomic E-state index is 10.1. The summed E-state index contributed by atoms with van der Waals surface area (Å²) in [4.78, 5) is 2.35. The summed E-state index contributed by atoms with van der Waals surface area (Å²) in [6.45, 7) is 2.92. The second-order valence-corrected chi connectivity index (χ2v) is 6.82. The summed E-state index contributed by atoms with van der Waals surface area (Å²) >= 11 is 0. The molecule has 1 fully saturated rings. The van der Waals surface area contributed by atoms with Crippen molar-refractivity contribution in [2.45, 2.75) is 25.0 Å². The molecule has 25 heavy (non-hydrogen) atoms. The largest absolute Gasteiger partial charge is 0.394 e. The topological polar surface area (TPSA) is 61.4 Å². The Bertz CT molecular complexity index is 825. The van der Waals surface area contributed by atoms with Gasteiger partial charge in [0.1, 0.15) is 0 Å². The molecule has 2 aromatic carbocycles. The standard InChI is InChI=1S/C20H23N3O2/c24-14-20(8-9-25-15-20)23(12-16-4-2-1-3-5-16)13-17-6-7-18-11-21-22-19(18)10-17/h1-7,10-11,24H,8-9,12-15H2,(H,21,22). The minimum Gasteiger partial charge on any atom is -0.394 e. The van der Waals surface area contributed by atoms with E-state index in [9.17, 15) is 5.11 Å². The Kier molecular flexibility index (Phi) is 4.53. The SMILES string of the molecule is OCC1(N(Cc2ccccc2)Cc2ccc3cn[nH]c3c2)CCOC1. The van der Waals surface area contributed by atoms with E-state index in [1.54, 1.807) is 0 Å². The number of hydrogen-bond acceptors (Lipinski definition) is 4. The number of aromatic nitrogens is 2. The summed E-state index contributed by atoms with van der Waals surface area (Å²) in [6, 6.07) is 16.8. The van der Waals surface area contributed by atoms with Crippen molar-refractivity contribution >= 4 is 10.9 Å². The van der Waals surface area contributed by atoms with Crippen molar-refractivity contribution in [3.8, 4) is 0 Å². The number of aliphatic hydroxyl groups excluding tert-OH is 1. The van der Waals surface area contributed by atoms with Crippen LogP contribution in [-0.2, 0) is 17.8 Å². The maximum absolute atomic E-state index is 10.1. The van der Waals surface area contributed by atoms with Crippen LogP contribution in [0.25, 0.3) is 10.9 Å². The fraction of sp³-hybridized carbons (Fsp3) is 0.350. The van der Waals surface area contributed by atoms with Gasteiger partial charge in [0.25, 0.3) is 0 Å². The summed E-state index contributed by atoms with van der Waals surface area (Å²) < 4.78 is 5.65. The number of nitrogens with zero attached hydrogens (tertiary/aromatic N) is 2. The van der Waals surface area contributed by atoms with Gasteiger partial charge >= 0.3 is 0 Å². The molecule has 4 rings (SSSR count). The van der Waals surface area contributed by atoms with E-state index >= 15 is 0 Å². The zero-order valence-electron chi connectivity index (χ0n) is 14.2. The first kappa shape index (κ1) is 16.3. The van der Waals surface area contributed by atoms with Crippen LogP contribution < -0.4 is 0 Å². The molecule has 0 aliphatic carbocycles. The average molecular weight is 337 g/mol. The Morgan fingerprint density at radius 3 is 2.72 bits per heavy atom. The molecular weight excluding hydrogens is 314 g/mol. The lowest BCUT2D eigenvalue weighted by Gasteiger charge is -2.39. The van der Waals surface area contributed by atoms with Crippen LogP contribution in [0.5, 0.6) is 0 Å². The quantitative estimate of drug-likeness (QED) is 0.726. The van der Waals surface area contributed by atoms with Crippen LogP contribution in [0.3, 0.4) is 0 Å². The van der Waals surface area contributed by atoms with Gasteiger partial charge in [-0.15, -0.1) is 0 Å². The lowest BCUT2D eigenvalue weighted by atomic mass is 9.95. The van der Waals surface area contributed by atoms with Crippen LogP contribution in [-0.4, -0.2) is 45.6 Å². The van der Waals surface area contributed by atoms with Crippen molar-refractivity contribution in [1.29, 1.82) is 0 Å². The Hall–Kier alpha value is -2.21. The molecule has 2 heterocycles. The molecule has 0 spiro atoms. The molecule has 3 aromatic rings. The molecule has 1 saturated heterocycles. The Balaban J connectivity index is 1.64. The van der Waals surface area contributed by atoms with Crippen molar-refractivity contribution in [3.63, 3.8) is 0 Å². The molecule has 1 atom stereocenters. The van der Waals surface area contributed by atoms with E-state index in [4.69, 9.17) is 4.74 Å². The molecule has 1 aliphatic heterocycles. The molecule has 5 nitrogen and oxygen atoms in total. The molecule has 2 N–H and O–H groups in total. The number of nitrogens with one attached hydrogen (secondary N) is 1. The molecule has 1 aromatic heterocycles. The highest BCUT2D eigenvalue weighted by Gasteiger charge is 2.40. The summed E-state index contributed by atoms with van der Waals surface area (Å²) in [5.74, 6) is 0. The van der Waals surface area contributed by atoms with Gasteiger partial charge in [-0.2, -0.15) is 5.10 Å². The minimum atomic E-state index is -0.321. The van der Waals surface area contributed by atoms with Crippen LogP contribution in [0.15, 0.2) is 54.7 Å². The summed E-state index contributed by atoms with van der Waals surface area (Å²) in [6.07, 6.45) is 2.68. The smallest absolute Gasteiger partial charge is 0.0703 e. The molecule has 1 aliphatic rings. The Morgan fingerprint density at radius 2 is 1.96 bits per heavy atom. The van der Waals surface area contributed by atoms with Crippen LogP contribution in [0.4, 0.5) is 0 Å². The highest BCUT2D eigenvalue weighted by molar-refractivity contribution is 5.78. The van der Waals surface area contributed by atoms with Crippen molar-refractivity contribution in [3.05, 3.63) is 65.9 Å². The van der Waals surface area contributed by atoms with Crippen LogP contribution in [0.2, 0.25) is 0 Å². The molecule has 0 amide bonds. The van der Waals surface area contributed by atoms with Crippen LogP contribution in [0.1, 0.15) is 17.5 Å². The number of fused-ring (bicyclic) bond motifs is 1. The van der Waals surface area contributed by atoms with Gasteiger partial charge < -0.3 is 9.84 Å². The van der Waals surface area contributed by atoms with Crippen molar-refractivity contribution in [2.24, 2.45) is 0 Å². The van der Waals surface area contributed by atoms with Crippen LogP contribution in [0, 0.1) is 0 Å². The molecule has 0 radical (unpaired) electrons. The number of benzene rings is 2. The summed E-state index contributed by atoms with van der Waals surface area (Å²) in [5, 5.41) is 18.4. The summed E-state index contributed by atoms with van der Waals surface area (Å²) in [7, 11) is 0. The van der Waals surface area contributed by atoms with E-state index in [0.29, 0.717) is 13.2 Å². The van der Waals surface area contributed by atoms with Gasteiger partial charge in [0, 0.05) is 25.1 Å². The molecular formula is C20H23N3O2. The molecule has 1 unspecified atom stereocenters. The molecule has 5 heteroatoms. The third kappa shape index (κ3) is 3.31. The number of aromatic amines is 1. The zero-order valence-corrected chi connectivity index (χ0v) is 14.2. The predicted molar refractivity (Wildman–Crippen MR) is 97.0 cm³/mol. The van der Waals surface area contributed by atoms with E-state index in [0.717, 1.165) is 30.4 Å². The van der Waals surface area contributed by atoms with Crippen LogP contribution >= 0.6 is 0 Å². The van der Waals surface area contributed by atoms with Gasteiger partial charge in [0.2, 0.25) is 0 Å². The first-order valence-electron chi connectivity index (χ1n) is 8.69. The lowest BCUT2D eigenvalue weighted by Crippen LogP contribution is -2.51. The Labute approximate surface area is 147 Å². The number of ether oxygens (including phenoxy) is 1. The van der Waals surface area contributed by atoms with Crippen molar-refractivity contribution in [1.82, 2.24) is 15.1 Å². The highest BCUT2D eigenvalue weighted by atomic mass is 16.5. The van der Waals surface area contributed by atoms with Gasteiger partial charge in [-0.25, -0.2) is 0 Å². The maximum Gasteiger partial charge on any atom is 0.0703 e. The normalized spacial score (nSPS) is 20.6. The second kappa shape index (κ2) is 6.96. The van der Waals surface area contributed by atoms with Gasteiger partial charge in [0.05, 0.1) is 30.5 Å². The van der Waals surface area contributed by atoms with Gasteiger partial charge in [-0.05, 0) is 23.6 Å². The van der Waals surface area contributed by atoms with E-state index in [2.05, 4.69) is 57.6 Å². The summed E-state index contributed by atoms with van der Waals surface area (Å²) in [5.41, 5.74) is 3.16. The van der Waals surface area contributed by atoms with E-state index < -0.39 is 0 Å². The molecule has 130 valence electrons. The van der Waals surface area contributed by atoms with Gasteiger partial charge in [0.15, 0.2) is 0 Å². The highest BCUT2D eigenvalue weighted by Crippen LogP contribution is 2.30. The van der Waals surface area contributed by atoms with E-state index in [1.165, 1.54) is 11.1 Å². The number of rotatable bonds is 6. The molecule has 0 bridgehead atoms. The first-order valence-corrected chi connectivity index (χ1v) is 8.69. The predicted octanol–water partition coefficient (Wildman–Crippen LogP) is 2.72. The van der Waals surface area contributed by atoms with E-state index in [-0.39, 0.29) is 12.1 Å². The minimum absolute atomic E-state index is 0.103. The van der Waals surface area contributed by atoms with Crippen molar-refractivity contribution < 1.29 is 9.84 Å². The lowest BCUT2D eigenvalue weighted by molar-refractivity contribution is 0.00766. The Morgan fingerprint density at radius 1 is 1.12 bits per heavy atom. The monoisotopic (exact) mass is 337 g/mol. The van der Waals surface area contributed by atoms with Gasteiger partial charge in [-0.1, -0.05) is 42.5 Å². The van der Waals surface area contributed by atoms with E-state index in [1.807, 2.05) is 12.3 Å². The first-order chi connectivity index (χ1) is 12.3. The second-order valence-electron chi connectivity index (χ2n) is 6.82. The third-order valence-electron chi connectivity index (χ3n) is 5.14. The number of hydrogen-bond donors (Lipinski definition) is 2.